The van der Waals surface area contributed by atoms with E-state index in [1.165, 1.54) is 10.6 Å². The largest absolute Gasteiger partial charge is 0.354 e. The van der Waals surface area contributed by atoms with Crippen LogP contribution in [-0.4, -0.2) is 50.6 Å². The van der Waals surface area contributed by atoms with E-state index in [4.69, 9.17) is 5.73 Å². The third-order valence-corrected chi connectivity index (χ3v) is 4.24. The van der Waals surface area contributed by atoms with Crippen LogP contribution in [0, 0.1) is 0 Å². The van der Waals surface area contributed by atoms with Crippen molar-refractivity contribution in [2.24, 2.45) is 5.73 Å². The smallest absolute Gasteiger partial charge is 0.221 e. The molecule has 0 aromatic rings. The quantitative estimate of drug-likeness (QED) is 0.683. The predicted molar refractivity (Wildman–Crippen MR) is 65.9 cm³/mol. The summed E-state index contributed by atoms with van der Waals surface area (Å²) in [7, 11) is -3.18. The first-order chi connectivity index (χ1) is 7.95. The monoisotopic (exact) mass is 263 g/mol. The summed E-state index contributed by atoms with van der Waals surface area (Å²) in [5.41, 5.74) is 5.27. The number of piperidine rings is 1. The Hall–Kier alpha value is -0.660. The molecule has 0 bridgehead atoms. The Morgan fingerprint density at radius 1 is 1.47 bits per heavy atom. The molecule has 0 aliphatic carbocycles. The van der Waals surface area contributed by atoms with Crippen LogP contribution in [-0.2, 0) is 14.8 Å². The van der Waals surface area contributed by atoms with Crippen LogP contribution in [0.1, 0.15) is 25.7 Å². The zero-order valence-corrected chi connectivity index (χ0v) is 11.0. The number of hydrogen-bond donors (Lipinski definition) is 2. The van der Waals surface area contributed by atoms with E-state index < -0.39 is 10.0 Å². The maximum absolute atomic E-state index is 11.6. The molecule has 3 N–H and O–H groups in total. The summed E-state index contributed by atoms with van der Waals surface area (Å²) >= 11 is 0. The number of carbonyl (C=O) groups is 1. The van der Waals surface area contributed by atoms with Gasteiger partial charge >= 0.3 is 0 Å². The first-order valence-electron chi connectivity index (χ1n) is 5.88. The molecule has 0 spiro atoms. The molecule has 1 rings (SSSR count). The SMILES string of the molecule is CS(=O)(=O)N1CCCCC1CNC(=O)CCN. The Bertz CT molecular complexity index is 356. The Morgan fingerprint density at radius 3 is 2.76 bits per heavy atom. The summed E-state index contributed by atoms with van der Waals surface area (Å²) in [6.45, 7) is 1.24. The van der Waals surface area contributed by atoms with Gasteiger partial charge in [0.1, 0.15) is 0 Å². The molecule has 0 aromatic heterocycles. The topological polar surface area (TPSA) is 92.5 Å². The van der Waals surface area contributed by atoms with E-state index in [1.807, 2.05) is 0 Å². The Balaban J connectivity index is 2.52. The van der Waals surface area contributed by atoms with E-state index >= 15 is 0 Å². The van der Waals surface area contributed by atoms with Crippen LogP contribution in [0.25, 0.3) is 0 Å². The van der Waals surface area contributed by atoms with Crippen molar-refractivity contribution >= 4 is 15.9 Å². The van der Waals surface area contributed by atoms with Crippen molar-refractivity contribution in [2.45, 2.75) is 31.7 Å². The lowest BCUT2D eigenvalue weighted by molar-refractivity contribution is -0.121. The van der Waals surface area contributed by atoms with Crippen molar-refractivity contribution < 1.29 is 13.2 Å². The second-order valence-electron chi connectivity index (χ2n) is 4.37. The van der Waals surface area contributed by atoms with Crippen LogP contribution < -0.4 is 11.1 Å². The average Bonchev–Trinajstić information content (AvgIpc) is 2.26. The van der Waals surface area contributed by atoms with Crippen LogP contribution in [0.15, 0.2) is 0 Å². The summed E-state index contributed by atoms with van der Waals surface area (Å²) in [6, 6.07) is -0.111. The lowest BCUT2D eigenvalue weighted by Crippen LogP contribution is -2.49. The number of nitrogens with zero attached hydrogens (tertiary/aromatic N) is 1. The van der Waals surface area contributed by atoms with Gasteiger partial charge in [0.25, 0.3) is 0 Å². The number of amides is 1. The van der Waals surface area contributed by atoms with Gasteiger partial charge in [0.05, 0.1) is 6.26 Å². The van der Waals surface area contributed by atoms with Gasteiger partial charge in [0, 0.05) is 32.1 Å². The molecule has 1 aliphatic rings. The zero-order chi connectivity index (χ0) is 12.9. The first kappa shape index (κ1) is 14.4. The maximum Gasteiger partial charge on any atom is 0.221 e. The molecule has 1 amide bonds. The fourth-order valence-corrected chi connectivity index (χ4v) is 3.25. The predicted octanol–water partition coefficient (Wildman–Crippen LogP) is -0.734. The molecule has 0 saturated carbocycles. The Kier molecular flexibility index (Phi) is 5.35. The van der Waals surface area contributed by atoms with E-state index in [9.17, 15) is 13.2 Å². The number of nitrogens with two attached hydrogens (primary N) is 1. The number of hydrogen-bond acceptors (Lipinski definition) is 4. The van der Waals surface area contributed by atoms with Crippen LogP contribution in [0.4, 0.5) is 0 Å². The summed E-state index contributed by atoms with van der Waals surface area (Å²) in [6.07, 6.45) is 4.19. The lowest BCUT2D eigenvalue weighted by Gasteiger charge is -2.33. The summed E-state index contributed by atoms with van der Waals surface area (Å²) in [5.74, 6) is -0.119. The fraction of sp³-hybridized carbons (Fsp3) is 0.900. The lowest BCUT2D eigenvalue weighted by atomic mass is 10.1. The minimum absolute atomic E-state index is 0.111. The van der Waals surface area contributed by atoms with Crippen LogP contribution in [0.2, 0.25) is 0 Å². The minimum Gasteiger partial charge on any atom is -0.354 e. The Labute approximate surface area is 103 Å². The number of rotatable bonds is 5. The molecule has 1 fully saturated rings. The van der Waals surface area contributed by atoms with Gasteiger partial charge in [-0.25, -0.2) is 8.42 Å². The molecule has 1 saturated heterocycles. The van der Waals surface area contributed by atoms with Crippen molar-refractivity contribution in [3.8, 4) is 0 Å². The molecule has 1 aliphatic heterocycles. The highest BCUT2D eigenvalue weighted by Gasteiger charge is 2.29. The molecule has 6 nitrogen and oxygen atoms in total. The minimum atomic E-state index is -3.18. The summed E-state index contributed by atoms with van der Waals surface area (Å²) in [5, 5.41) is 2.73. The fourth-order valence-electron chi connectivity index (χ4n) is 2.07. The highest BCUT2D eigenvalue weighted by molar-refractivity contribution is 7.88. The zero-order valence-electron chi connectivity index (χ0n) is 10.2. The van der Waals surface area contributed by atoms with Crippen molar-refractivity contribution in [3.63, 3.8) is 0 Å². The number of nitrogens with one attached hydrogen (secondary N) is 1. The molecule has 1 atom stereocenters. The average molecular weight is 263 g/mol. The van der Waals surface area contributed by atoms with E-state index in [2.05, 4.69) is 5.32 Å². The standard InChI is InChI=1S/C10H21N3O3S/c1-17(15,16)13-7-3-2-4-9(13)8-12-10(14)5-6-11/h9H,2-8,11H2,1H3,(H,12,14). The van der Waals surface area contributed by atoms with Crippen LogP contribution in [0.3, 0.4) is 0 Å². The van der Waals surface area contributed by atoms with Crippen molar-refractivity contribution in [2.75, 3.05) is 25.9 Å². The van der Waals surface area contributed by atoms with Gasteiger partial charge in [-0.05, 0) is 12.8 Å². The number of carbonyl (C=O) groups excluding carboxylic acids is 1. The molecule has 0 radical (unpaired) electrons. The van der Waals surface area contributed by atoms with Gasteiger partial charge < -0.3 is 11.1 Å². The van der Waals surface area contributed by atoms with Crippen LogP contribution >= 0.6 is 0 Å². The second-order valence-corrected chi connectivity index (χ2v) is 6.30. The molecule has 0 aromatic carbocycles. The normalized spacial score (nSPS) is 22.4. The van der Waals surface area contributed by atoms with E-state index in [1.54, 1.807) is 0 Å². The van der Waals surface area contributed by atoms with E-state index in [0.29, 0.717) is 19.6 Å². The Morgan fingerprint density at radius 2 is 2.18 bits per heavy atom. The van der Waals surface area contributed by atoms with Gasteiger partial charge in [-0.3, -0.25) is 4.79 Å². The van der Waals surface area contributed by atoms with Crippen molar-refractivity contribution in [1.29, 1.82) is 0 Å². The van der Waals surface area contributed by atoms with Gasteiger partial charge in [-0.1, -0.05) is 6.42 Å². The third kappa shape index (κ3) is 4.61. The first-order valence-corrected chi connectivity index (χ1v) is 7.73. The van der Waals surface area contributed by atoms with Gasteiger partial charge in [0.2, 0.25) is 15.9 Å². The van der Waals surface area contributed by atoms with Crippen molar-refractivity contribution in [1.82, 2.24) is 9.62 Å². The van der Waals surface area contributed by atoms with Crippen molar-refractivity contribution in [3.05, 3.63) is 0 Å². The van der Waals surface area contributed by atoms with Gasteiger partial charge in [0.15, 0.2) is 0 Å². The molecule has 1 heterocycles. The highest BCUT2D eigenvalue weighted by atomic mass is 32.2. The van der Waals surface area contributed by atoms with E-state index in [0.717, 1.165) is 19.3 Å². The van der Waals surface area contributed by atoms with E-state index in [-0.39, 0.29) is 18.4 Å². The maximum atomic E-state index is 11.6. The molecule has 17 heavy (non-hydrogen) atoms. The molecular weight excluding hydrogens is 242 g/mol. The summed E-state index contributed by atoms with van der Waals surface area (Å²) in [4.78, 5) is 11.3. The second kappa shape index (κ2) is 6.32. The van der Waals surface area contributed by atoms with Crippen LogP contribution in [0.5, 0.6) is 0 Å². The number of sulfonamides is 1. The van der Waals surface area contributed by atoms with Gasteiger partial charge in [-0.2, -0.15) is 4.31 Å². The summed E-state index contributed by atoms with van der Waals surface area (Å²) < 4.78 is 24.6. The molecule has 1 unspecified atom stereocenters. The van der Waals surface area contributed by atoms with Gasteiger partial charge in [-0.15, -0.1) is 0 Å². The molecule has 7 heteroatoms. The molecule has 100 valence electrons. The highest BCUT2D eigenvalue weighted by Crippen LogP contribution is 2.19. The third-order valence-electron chi connectivity index (χ3n) is 2.91. The molecular formula is C10H21N3O3S.